The minimum Gasteiger partial charge on any atom is -0.359 e. The normalized spacial score (nSPS) is 40.1. The summed E-state index contributed by atoms with van der Waals surface area (Å²) in [6.07, 6.45) is 2.57. The summed E-state index contributed by atoms with van der Waals surface area (Å²) in [6.45, 7) is 6.76. The topological polar surface area (TPSA) is 24.4 Å². The smallest absolute Gasteiger partial charge is 0.157 e. The van der Waals surface area contributed by atoms with Gasteiger partial charge < -0.3 is 5.32 Å². The zero-order chi connectivity index (χ0) is 9.47. The standard InChI is InChI=1S/C10H18N2S/c1-7-4-8(5-7)11-9-12-10(2,3)6-13-9/h7-8H,4-6H2,1-3H3,(H,11,12). The highest BCUT2D eigenvalue weighted by molar-refractivity contribution is 8.14. The van der Waals surface area contributed by atoms with Crippen molar-refractivity contribution in [2.75, 3.05) is 5.75 Å². The van der Waals surface area contributed by atoms with Gasteiger partial charge >= 0.3 is 0 Å². The van der Waals surface area contributed by atoms with Crippen molar-refractivity contribution in [3.63, 3.8) is 0 Å². The molecule has 0 aromatic carbocycles. The number of amidine groups is 1. The van der Waals surface area contributed by atoms with Gasteiger partial charge in [-0.15, -0.1) is 0 Å². The molecule has 2 fully saturated rings. The first-order valence-corrected chi connectivity index (χ1v) is 6.02. The van der Waals surface area contributed by atoms with E-state index in [-0.39, 0.29) is 5.54 Å². The first kappa shape index (κ1) is 9.38. The second-order valence-electron chi connectivity index (χ2n) is 4.96. The lowest BCUT2D eigenvalue weighted by molar-refractivity contribution is 0.291. The van der Waals surface area contributed by atoms with Gasteiger partial charge in [0.05, 0.1) is 6.04 Å². The van der Waals surface area contributed by atoms with Crippen LogP contribution in [0, 0.1) is 5.92 Å². The van der Waals surface area contributed by atoms with Crippen LogP contribution in [0.15, 0.2) is 4.99 Å². The summed E-state index contributed by atoms with van der Waals surface area (Å²) in [7, 11) is 0. The number of hydrogen-bond donors (Lipinski definition) is 1. The van der Waals surface area contributed by atoms with Crippen molar-refractivity contribution in [1.29, 1.82) is 0 Å². The van der Waals surface area contributed by atoms with Crippen LogP contribution < -0.4 is 5.32 Å². The summed E-state index contributed by atoms with van der Waals surface area (Å²) in [5.41, 5.74) is 0.249. The van der Waals surface area contributed by atoms with Crippen molar-refractivity contribution >= 4 is 16.9 Å². The maximum absolute atomic E-state index is 4.70. The van der Waals surface area contributed by atoms with Gasteiger partial charge in [0.15, 0.2) is 5.17 Å². The molecule has 1 N–H and O–H groups in total. The molecule has 0 aromatic rings. The largest absolute Gasteiger partial charge is 0.359 e. The average Bonchev–Trinajstić information content (AvgIpc) is 2.27. The first-order chi connectivity index (χ1) is 6.05. The summed E-state index contributed by atoms with van der Waals surface area (Å²) >= 11 is 1.87. The average molecular weight is 198 g/mol. The van der Waals surface area contributed by atoms with Gasteiger partial charge in [0, 0.05) is 11.3 Å². The zero-order valence-corrected chi connectivity index (χ0v) is 9.45. The summed E-state index contributed by atoms with van der Waals surface area (Å²) in [6, 6.07) is 0.610. The van der Waals surface area contributed by atoms with Crippen LogP contribution in [0.1, 0.15) is 33.6 Å². The maximum Gasteiger partial charge on any atom is 0.157 e. The second kappa shape index (κ2) is 3.19. The van der Waals surface area contributed by atoms with Crippen LogP contribution in [-0.4, -0.2) is 22.5 Å². The number of hydrogen-bond acceptors (Lipinski definition) is 2. The number of aliphatic imine (C=N–C) groups is 1. The van der Waals surface area contributed by atoms with E-state index in [1.54, 1.807) is 0 Å². The predicted octanol–water partition coefficient (Wildman–Crippen LogP) is 2.26. The third kappa shape index (κ3) is 2.19. The lowest BCUT2D eigenvalue weighted by atomic mass is 9.82. The van der Waals surface area contributed by atoms with Crippen LogP contribution in [0.25, 0.3) is 0 Å². The minimum atomic E-state index is 0.249. The van der Waals surface area contributed by atoms with Crippen molar-refractivity contribution in [2.24, 2.45) is 10.9 Å². The quantitative estimate of drug-likeness (QED) is 0.699. The van der Waals surface area contributed by atoms with E-state index in [1.807, 2.05) is 11.8 Å². The van der Waals surface area contributed by atoms with Gasteiger partial charge in [-0.3, -0.25) is 4.99 Å². The fourth-order valence-corrected chi connectivity index (χ4v) is 2.95. The molecule has 1 aliphatic heterocycles. The van der Waals surface area contributed by atoms with Crippen LogP contribution in [-0.2, 0) is 0 Å². The Bertz CT molecular complexity index is 229. The number of nitrogens with one attached hydrogen (secondary N) is 1. The highest BCUT2D eigenvalue weighted by atomic mass is 32.2. The van der Waals surface area contributed by atoms with E-state index in [4.69, 9.17) is 4.99 Å². The molecule has 1 aliphatic carbocycles. The Morgan fingerprint density at radius 2 is 2.15 bits per heavy atom. The van der Waals surface area contributed by atoms with Gasteiger partial charge in [0.25, 0.3) is 0 Å². The van der Waals surface area contributed by atoms with Crippen LogP contribution in [0.5, 0.6) is 0 Å². The van der Waals surface area contributed by atoms with Crippen molar-refractivity contribution in [1.82, 2.24) is 5.32 Å². The summed E-state index contributed by atoms with van der Waals surface area (Å²) in [4.78, 5) is 4.70. The van der Waals surface area contributed by atoms with Crippen molar-refractivity contribution in [2.45, 2.75) is 45.2 Å². The van der Waals surface area contributed by atoms with Gasteiger partial charge in [-0.25, -0.2) is 0 Å². The van der Waals surface area contributed by atoms with Crippen LogP contribution in [0.3, 0.4) is 0 Å². The van der Waals surface area contributed by atoms with E-state index in [1.165, 1.54) is 18.0 Å². The van der Waals surface area contributed by atoms with E-state index in [0.29, 0.717) is 6.04 Å². The van der Waals surface area contributed by atoms with Crippen LogP contribution in [0.4, 0.5) is 0 Å². The molecule has 13 heavy (non-hydrogen) atoms. The Labute approximate surface area is 84.6 Å². The minimum absolute atomic E-state index is 0.249. The molecule has 2 aliphatic rings. The van der Waals surface area contributed by atoms with E-state index < -0.39 is 0 Å². The lowest BCUT2D eigenvalue weighted by Gasteiger charge is -2.29. The number of nitrogens with zero attached hydrogens (tertiary/aromatic N) is 1. The number of rotatable bonds is 1. The highest BCUT2D eigenvalue weighted by Crippen LogP contribution is 2.31. The fourth-order valence-electron chi connectivity index (χ4n) is 1.81. The molecule has 0 unspecified atom stereocenters. The molecule has 0 spiro atoms. The van der Waals surface area contributed by atoms with E-state index >= 15 is 0 Å². The molecule has 2 nitrogen and oxygen atoms in total. The molecule has 1 saturated carbocycles. The van der Waals surface area contributed by atoms with Crippen molar-refractivity contribution < 1.29 is 0 Å². The molecule has 0 atom stereocenters. The van der Waals surface area contributed by atoms with Crippen LogP contribution >= 0.6 is 11.8 Å². The predicted molar refractivity (Wildman–Crippen MR) is 59.3 cm³/mol. The SMILES string of the molecule is CC1CC(N=C2NC(C)(C)CS2)C1. The summed E-state index contributed by atoms with van der Waals surface area (Å²) < 4.78 is 0. The molecule has 2 rings (SSSR count). The van der Waals surface area contributed by atoms with Crippen molar-refractivity contribution in [3.8, 4) is 0 Å². The third-order valence-electron chi connectivity index (χ3n) is 2.66. The van der Waals surface area contributed by atoms with Gasteiger partial charge in [-0.1, -0.05) is 18.7 Å². The van der Waals surface area contributed by atoms with Gasteiger partial charge in [0.1, 0.15) is 0 Å². The molecule has 74 valence electrons. The highest BCUT2D eigenvalue weighted by Gasteiger charge is 2.30. The molecule has 1 heterocycles. The Morgan fingerprint density at radius 1 is 1.46 bits per heavy atom. The molecular weight excluding hydrogens is 180 g/mol. The molecular formula is C10H18N2S. The first-order valence-electron chi connectivity index (χ1n) is 5.04. The maximum atomic E-state index is 4.70. The Kier molecular flexibility index (Phi) is 2.30. The third-order valence-corrected chi connectivity index (χ3v) is 4.01. The van der Waals surface area contributed by atoms with E-state index in [0.717, 1.165) is 11.7 Å². The van der Waals surface area contributed by atoms with E-state index in [2.05, 4.69) is 26.1 Å². The second-order valence-corrected chi connectivity index (χ2v) is 5.93. The van der Waals surface area contributed by atoms with Gasteiger partial charge in [0.2, 0.25) is 0 Å². The number of thioether (sulfide) groups is 1. The van der Waals surface area contributed by atoms with Gasteiger partial charge in [-0.05, 0) is 32.6 Å². The summed E-state index contributed by atoms with van der Waals surface area (Å²) in [5.74, 6) is 2.04. The van der Waals surface area contributed by atoms with Gasteiger partial charge in [-0.2, -0.15) is 0 Å². The van der Waals surface area contributed by atoms with Crippen LogP contribution in [0.2, 0.25) is 0 Å². The Hall–Kier alpha value is -0.180. The lowest BCUT2D eigenvalue weighted by Crippen LogP contribution is -2.38. The molecule has 0 bridgehead atoms. The molecule has 0 amide bonds. The monoisotopic (exact) mass is 198 g/mol. The molecule has 0 aromatic heterocycles. The summed E-state index contributed by atoms with van der Waals surface area (Å²) in [5, 5.41) is 4.63. The Morgan fingerprint density at radius 3 is 2.62 bits per heavy atom. The van der Waals surface area contributed by atoms with E-state index in [9.17, 15) is 0 Å². The molecule has 1 saturated heterocycles. The Balaban J connectivity index is 1.89. The zero-order valence-electron chi connectivity index (χ0n) is 8.63. The molecule has 0 radical (unpaired) electrons. The molecule has 3 heteroatoms. The van der Waals surface area contributed by atoms with Crippen molar-refractivity contribution in [3.05, 3.63) is 0 Å². The fraction of sp³-hybridized carbons (Fsp3) is 0.900.